The van der Waals surface area contributed by atoms with Crippen molar-refractivity contribution in [3.8, 4) is 0 Å². The van der Waals surface area contributed by atoms with Crippen LogP contribution in [0.15, 0.2) is 48.1 Å². The minimum Gasteiger partial charge on any atom is -0.258 e. The zero-order valence-corrected chi connectivity index (χ0v) is 13.2. The molecule has 0 heterocycles. The molecule has 0 aliphatic heterocycles. The number of nitro benzene ring substituents is 1. The van der Waals surface area contributed by atoms with Crippen molar-refractivity contribution < 1.29 is 4.92 Å². The van der Waals surface area contributed by atoms with Crippen LogP contribution in [-0.4, -0.2) is 10.6 Å². The van der Waals surface area contributed by atoms with Crippen LogP contribution >= 0.6 is 0 Å². The summed E-state index contributed by atoms with van der Waals surface area (Å²) in [6.45, 7) is 15.1. The lowest BCUT2D eigenvalue weighted by atomic mass is 9.73. The summed E-state index contributed by atoms with van der Waals surface area (Å²) in [5.74, 6) is 0.171. The molecule has 1 aromatic carbocycles. The summed E-state index contributed by atoms with van der Waals surface area (Å²) in [5.41, 5.74) is 0.900. The van der Waals surface area contributed by atoms with Gasteiger partial charge in [0.15, 0.2) is 0 Å². The quantitative estimate of drug-likeness (QED) is 0.337. The molecule has 0 saturated carbocycles. The van der Waals surface area contributed by atoms with Crippen molar-refractivity contribution in [2.75, 3.05) is 0 Å². The Bertz CT molecular complexity index is 779. The van der Waals surface area contributed by atoms with Gasteiger partial charge in [0.25, 0.3) is 5.69 Å². The fourth-order valence-electron chi connectivity index (χ4n) is 3.77. The smallest absolute Gasteiger partial charge is 0.258 e. The first-order valence-electron chi connectivity index (χ1n) is 8.00. The van der Waals surface area contributed by atoms with E-state index in [2.05, 4.69) is 21.8 Å². The zero-order chi connectivity index (χ0) is 17.2. The summed E-state index contributed by atoms with van der Waals surface area (Å²) < 4.78 is 0. The summed E-state index contributed by atoms with van der Waals surface area (Å²) in [7, 11) is 0. The minimum absolute atomic E-state index is 0.0581. The Balaban J connectivity index is 2.03. The molecule has 0 unspecified atom stereocenters. The predicted molar refractivity (Wildman–Crippen MR) is 91.0 cm³/mol. The van der Waals surface area contributed by atoms with E-state index in [-0.39, 0.29) is 17.5 Å². The Labute approximate surface area is 141 Å². The van der Waals surface area contributed by atoms with Crippen molar-refractivity contribution >= 4 is 5.69 Å². The molecular weight excluding hydrogens is 302 g/mol. The summed E-state index contributed by atoms with van der Waals surface area (Å²) >= 11 is 0. The number of hydrogen-bond acceptors (Lipinski definition) is 2. The topological polar surface area (TPSA) is 51.9 Å². The second-order valence-corrected chi connectivity index (χ2v) is 6.24. The van der Waals surface area contributed by atoms with Gasteiger partial charge in [-0.3, -0.25) is 10.1 Å². The van der Waals surface area contributed by atoms with Gasteiger partial charge in [-0.1, -0.05) is 30.4 Å². The summed E-state index contributed by atoms with van der Waals surface area (Å²) in [4.78, 5) is 17.8. The molecule has 0 radical (unpaired) electrons. The first-order chi connectivity index (χ1) is 11.6. The normalized spacial score (nSPS) is 24.7. The number of nitro groups is 1. The van der Waals surface area contributed by atoms with Gasteiger partial charge in [0, 0.05) is 24.0 Å². The van der Waals surface area contributed by atoms with Gasteiger partial charge in [0.05, 0.1) is 4.92 Å². The maximum atomic E-state index is 10.9. The van der Waals surface area contributed by atoms with E-state index < -0.39 is 10.6 Å². The van der Waals surface area contributed by atoms with Crippen LogP contribution in [0.1, 0.15) is 37.2 Å². The molecule has 2 aliphatic carbocycles. The molecule has 0 fully saturated rings. The van der Waals surface area contributed by atoms with E-state index in [0.29, 0.717) is 6.42 Å². The van der Waals surface area contributed by atoms with E-state index in [1.165, 1.54) is 12.1 Å². The third-order valence-electron chi connectivity index (χ3n) is 4.98. The lowest BCUT2D eigenvalue weighted by molar-refractivity contribution is -0.384. The SMILES string of the molecule is [C-]#[N+]C1([N+]#[C-])CC=C[C@@H](c2ccc([N+](=O)[O-])cc2)[C@@H]2CCCC=C21. The maximum Gasteiger partial charge on any atom is 0.509 e. The van der Waals surface area contributed by atoms with E-state index in [0.717, 1.165) is 30.4 Å². The number of non-ortho nitro benzene ring substituents is 1. The Morgan fingerprint density at radius 3 is 2.54 bits per heavy atom. The number of rotatable bonds is 2. The molecule has 120 valence electrons. The molecular formula is C19H17N3O2. The van der Waals surface area contributed by atoms with Crippen molar-refractivity contribution in [3.05, 3.63) is 86.6 Å². The van der Waals surface area contributed by atoms with Gasteiger partial charge in [-0.15, -0.1) is 0 Å². The monoisotopic (exact) mass is 319 g/mol. The zero-order valence-electron chi connectivity index (χ0n) is 13.2. The third kappa shape index (κ3) is 2.59. The Hall–Kier alpha value is -2.92. The first kappa shape index (κ1) is 16.0. The standard InChI is InChI=1S/C19H17N3O2/c1-20-19(21-2)13-5-7-16(17-6-3-4-8-18(17)19)14-9-11-15(12-10-14)22(23)24/h5,7-12,16-17H,3-4,6,13H2/t16-,17-/m0/s1. The Kier molecular flexibility index (Phi) is 4.18. The lowest BCUT2D eigenvalue weighted by Gasteiger charge is -2.29. The molecule has 3 rings (SSSR count). The molecule has 0 bridgehead atoms. The second kappa shape index (κ2) is 6.29. The molecule has 5 nitrogen and oxygen atoms in total. The van der Waals surface area contributed by atoms with Crippen LogP contribution in [-0.2, 0) is 0 Å². The highest BCUT2D eigenvalue weighted by atomic mass is 16.6. The third-order valence-corrected chi connectivity index (χ3v) is 4.98. The van der Waals surface area contributed by atoms with Crippen LogP contribution in [0.25, 0.3) is 9.69 Å². The van der Waals surface area contributed by atoms with Crippen LogP contribution in [0.3, 0.4) is 0 Å². The van der Waals surface area contributed by atoms with Crippen LogP contribution in [0.2, 0.25) is 0 Å². The minimum atomic E-state index is -1.11. The van der Waals surface area contributed by atoms with Gasteiger partial charge in [-0.25, -0.2) is 22.8 Å². The molecule has 24 heavy (non-hydrogen) atoms. The van der Waals surface area contributed by atoms with Crippen LogP contribution in [0, 0.1) is 29.2 Å². The molecule has 5 heteroatoms. The molecule has 0 aromatic heterocycles. The van der Waals surface area contributed by atoms with Crippen LogP contribution in [0.5, 0.6) is 0 Å². The van der Waals surface area contributed by atoms with Crippen molar-refractivity contribution in [1.29, 1.82) is 0 Å². The molecule has 1 aromatic rings. The molecule has 0 amide bonds. The lowest BCUT2D eigenvalue weighted by Crippen LogP contribution is -2.30. The average molecular weight is 319 g/mol. The van der Waals surface area contributed by atoms with Crippen LogP contribution in [0.4, 0.5) is 5.69 Å². The highest BCUT2D eigenvalue weighted by Crippen LogP contribution is 2.48. The van der Waals surface area contributed by atoms with Crippen molar-refractivity contribution in [2.24, 2.45) is 5.92 Å². The van der Waals surface area contributed by atoms with Gasteiger partial charge < -0.3 is 0 Å². The molecule has 0 N–H and O–H groups in total. The summed E-state index contributed by atoms with van der Waals surface area (Å²) in [5, 5.41) is 10.9. The van der Waals surface area contributed by atoms with Gasteiger partial charge in [0.1, 0.15) is 12.0 Å². The number of fused-ring (bicyclic) bond motifs is 1. The number of benzene rings is 1. The van der Waals surface area contributed by atoms with Gasteiger partial charge in [-0.05, 0) is 24.8 Å². The number of allylic oxidation sites excluding steroid dienone is 2. The molecule has 2 atom stereocenters. The summed E-state index contributed by atoms with van der Waals surface area (Å²) in [6, 6.07) is 6.64. The predicted octanol–water partition coefficient (Wildman–Crippen LogP) is 4.90. The molecule has 0 spiro atoms. The molecule has 2 aliphatic rings. The second-order valence-electron chi connectivity index (χ2n) is 6.24. The maximum absolute atomic E-state index is 10.9. The van der Waals surface area contributed by atoms with E-state index in [4.69, 9.17) is 13.1 Å². The van der Waals surface area contributed by atoms with Crippen molar-refractivity contribution in [3.63, 3.8) is 0 Å². The Morgan fingerprint density at radius 2 is 1.92 bits per heavy atom. The van der Waals surface area contributed by atoms with Crippen molar-refractivity contribution in [1.82, 2.24) is 0 Å². The van der Waals surface area contributed by atoms with Crippen molar-refractivity contribution in [2.45, 2.75) is 37.3 Å². The van der Waals surface area contributed by atoms with Gasteiger partial charge in [-0.2, -0.15) is 0 Å². The largest absolute Gasteiger partial charge is 0.509 e. The molecule has 0 saturated heterocycles. The van der Waals surface area contributed by atoms with Crippen LogP contribution < -0.4 is 0 Å². The van der Waals surface area contributed by atoms with E-state index in [1.807, 2.05) is 6.08 Å². The van der Waals surface area contributed by atoms with E-state index >= 15 is 0 Å². The number of hydrogen-bond donors (Lipinski definition) is 0. The summed E-state index contributed by atoms with van der Waals surface area (Å²) in [6.07, 6.45) is 9.37. The fourth-order valence-corrected chi connectivity index (χ4v) is 3.77. The van der Waals surface area contributed by atoms with Gasteiger partial charge in [0.2, 0.25) is 0 Å². The highest BCUT2D eigenvalue weighted by Gasteiger charge is 2.53. The van der Waals surface area contributed by atoms with E-state index in [9.17, 15) is 10.1 Å². The van der Waals surface area contributed by atoms with E-state index in [1.54, 1.807) is 12.1 Å². The Morgan fingerprint density at radius 1 is 1.21 bits per heavy atom. The highest BCUT2D eigenvalue weighted by molar-refractivity contribution is 5.43. The average Bonchev–Trinajstić information content (AvgIpc) is 2.79. The van der Waals surface area contributed by atoms with Gasteiger partial charge >= 0.3 is 5.66 Å². The fraction of sp³-hybridized carbons (Fsp3) is 0.368. The number of nitrogens with zero attached hydrogens (tertiary/aromatic N) is 3. The first-order valence-corrected chi connectivity index (χ1v) is 8.00.